The molecule has 3 atom stereocenters. The van der Waals surface area contributed by atoms with E-state index in [1.54, 1.807) is 20.8 Å². The highest BCUT2D eigenvalue weighted by molar-refractivity contribution is 5.74. The number of hydrogen-bond acceptors (Lipinski definition) is 5. The Kier molecular flexibility index (Phi) is 4.53. The summed E-state index contributed by atoms with van der Waals surface area (Å²) in [6.07, 6.45) is -2.57. The molecule has 1 heterocycles. The van der Waals surface area contributed by atoms with Gasteiger partial charge in [0.1, 0.15) is 17.8 Å². The first-order valence-electron chi connectivity index (χ1n) is 5.62. The molecule has 0 aromatic carbocycles. The highest BCUT2D eigenvalue weighted by Crippen LogP contribution is 2.24. The SMILES string of the molecule is CO[C@H]1[C@@H](C(=O)O)O[C@@H]1CNC(=O)OC(C)(C)C. The van der Waals surface area contributed by atoms with Gasteiger partial charge in [-0.15, -0.1) is 0 Å². The van der Waals surface area contributed by atoms with Crippen LogP contribution in [0.5, 0.6) is 0 Å². The van der Waals surface area contributed by atoms with Crippen molar-refractivity contribution in [2.75, 3.05) is 13.7 Å². The molecule has 0 aromatic heterocycles. The lowest BCUT2D eigenvalue weighted by Gasteiger charge is -2.41. The van der Waals surface area contributed by atoms with E-state index in [0.29, 0.717) is 0 Å². The Bertz CT molecular complexity index is 324. The number of ether oxygens (including phenoxy) is 3. The summed E-state index contributed by atoms with van der Waals surface area (Å²) in [4.78, 5) is 22.1. The molecule has 1 saturated heterocycles. The van der Waals surface area contributed by atoms with E-state index in [-0.39, 0.29) is 6.54 Å². The van der Waals surface area contributed by atoms with Crippen LogP contribution < -0.4 is 5.32 Å². The molecule has 104 valence electrons. The number of carboxylic acid groups (broad SMARTS) is 1. The minimum atomic E-state index is -1.07. The summed E-state index contributed by atoms with van der Waals surface area (Å²) in [6.45, 7) is 5.41. The quantitative estimate of drug-likeness (QED) is 0.759. The third-order valence-corrected chi connectivity index (χ3v) is 2.35. The number of carbonyl (C=O) groups excluding carboxylic acids is 1. The molecule has 0 spiro atoms. The Morgan fingerprint density at radius 2 is 2.00 bits per heavy atom. The zero-order chi connectivity index (χ0) is 13.9. The molecule has 0 radical (unpaired) electrons. The van der Waals surface area contributed by atoms with Crippen LogP contribution in [0.1, 0.15) is 20.8 Å². The molecule has 7 nitrogen and oxygen atoms in total. The molecule has 2 N–H and O–H groups in total. The normalized spacial score (nSPS) is 27.2. The average molecular weight is 261 g/mol. The second-order valence-electron chi connectivity index (χ2n) is 5.02. The Morgan fingerprint density at radius 1 is 1.39 bits per heavy atom. The van der Waals surface area contributed by atoms with Crippen LogP contribution in [0.2, 0.25) is 0 Å². The van der Waals surface area contributed by atoms with Gasteiger partial charge in [-0.3, -0.25) is 0 Å². The number of methoxy groups -OCH3 is 1. The average Bonchev–Trinajstić information content (AvgIpc) is 2.12. The molecule has 1 fully saturated rings. The van der Waals surface area contributed by atoms with Gasteiger partial charge in [-0.05, 0) is 20.8 Å². The Morgan fingerprint density at radius 3 is 2.44 bits per heavy atom. The van der Waals surface area contributed by atoms with E-state index in [4.69, 9.17) is 19.3 Å². The minimum Gasteiger partial charge on any atom is -0.479 e. The van der Waals surface area contributed by atoms with Gasteiger partial charge in [0, 0.05) is 13.7 Å². The first kappa shape index (κ1) is 14.7. The maximum absolute atomic E-state index is 11.4. The van der Waals surface area contributed by atoms with Gasteiger partial charge in [-0.25, -0.2) is 9.59 Å². The van der Waals surface area contributed by atoms with Crippen LogP contribution in [-0.2, 0) is 19.0 Å². The molecule has 0 aromatic rings. The first-order valence-corrected chi connectivity index (χ1v) is 5.62. The highest BCUT2D eigenvalue weighted by Gasteiger charge is 2.47. The number of amides is 1. The van der Waals surface area contributed by atoms with Crippen LogP contribution in [-0.4, -0.2) is 54.7 Å². The summed E-state index contributed by atoms with van der Waals surface area (Å²) in [5.74, 6) is -1.07. The van der Waals surface area contributed by atoms with E-state index in [1.807, 2.05) is 0 Å². The third kappa shape index (κ3) is 3.85. The number of aliphatic carboxylic acids is 1. The lowest BCUT2D eigenvalue weighted by Crippen LogP contribution is -2.62. The first-order chi connectivity index (χ1) is 8.24. The fourth-order valence-corrected chi connectivity index (χ4v) is 1.59. The lowest BCUT2D eigenvalue weighted by molar-refractivity contribution is -0.235. The van der Waals surface area contributed by atoms with Crippen molar-refractivity contribution in [1.29, 1.82) is 0 Å². The van der Waals surface area contributed by atoms with Gasteiger partial charge in [-0.1, -0.05) is 0 Å². The molecule has 1 amide bonds. The number of carboxylic acids is 1. The molecular formula is C11H19NO6. The number of rotatable bonds is 4. The van der Waals surface area contributed by atoms with Crippen molar-refractivity contribution in [2.45, 2.75) is 44.7 Å². The largest absolute Gasteiger partial charge is 0.479 e. The second-order valence-corrected chi connectivity index (χ2v) is 5.02. The van der Waals surface area contributed by atoms with Crippen LogP contribution >= 0.6 is 0 Å². The molecule has 0 saturated carbocycles. The van der Waals surface area contributed by atoms with Crippen molar-refractivity contribution >= 4 is 12.1 Å². The van der Waals surface area contributed by atoms with E-state index in [2.05, 4.69) is 5.32 Å². The van der Waals surface area contributed by atoms with E-state index in [1.165, 1.54) is 7.11 Å². The molecule has 0 unspecified atom stereocenters. The van der Waals surface area contributed by atoms with E-state index >= 15 is 0 Å². The number of nitrogens with one attached hydrogen (secondary N) is 1. The molecular weight excluding hydrogens is 242 g/mol. The van der Waals surface area contributed by atoms with E-state index < -0.39 is 36.0 Å². The predicted octanol–water partition coefficient (Wildman–Crippen LogP) is 0.378. The summed E-state index contributed by atoms with van der Waals surface area (Å²) in [5, 5.41) is 11.3. The van der Waals surface area contributed by atoms with Gasteiger partial charge in [0.15, 0.2) is 6.10 Å². The zero-order valence-electron chi connectivity index (χ0n) is 10.9. The molecule has 1 rings (SSSR count). The number of alkyl carbamates (subject to hydrolysis) is 1. The van der Waals surface area contributed by atoms with Crippen molar-refractivity contribution in [2.24, 2.45) is 0 Å². The third-order valence-electron chi connectivity index (χ3n) is 2.35. The topological polar surface area (TPSA) is 94.1 Å². The summed E-state index contributed by atoms with van der Waals surface area (Å²) in [6, 6.07) is 0. The molecule has 0 bridgehead atoms. The smallest absolute Gasteiger partial charge is 0.407 e. The minimum absolute atomic E-state index is 0.150. The van der Waals surface area contributed by atoms with Crippen molar-refractivity contribution in [3.05, 3.63) is 0 Å². The predicted molar refractivity (Wildman–Crippen MR) is 61.3 cm³/mol. The fraction of sp³-hybridized carbons (Fsp3) is 0.818. The lowest BCUT2D eigenvalue weighted by atomic mass is 10.0. The second kappa shape index (κ2) is 5.53. The molecule has 1 aliphatic heterocycles. The highest BCUT2D eigenvalue weighted by atomic mass is 16.6. The standard InChI is InChI=1S/C11H19NO6/c1-11(2,3)18-10(15)12-5-6-7(16-4)8(17-6)9(13)14/h6-8H,5H2,1-4H3,(H,12,15)(H,13,14)/t6-,7-,8+/m1/s1. The van der Waals surface area contributed by atoms with Crippen LogP contribution in [0.4, 0.5) is 4.79 Å². The van der Waals surface area contributed by atoms with Gasteiger partial charge in [0.05, 0.1) is 0 Å². The van der Waals surface area contributed by atoms with Gasteiger partial charge >= 0.3 is 12.1 Å². The van der Waals surface area contributed by atoms with Crippen molar-refractivity contribution in [1.82, 2.24) is 5.32 Å². The molecule has 18 heavy (non-hydrogen) atoms. The van der Waals surface area contributed by atoms with E-state index in [9.17, 15) is 9.59 Å². The van der Waals surface area contributed by atoms with Gasteiger partial charge in [-0.2, -0.15) is 0 Å². The van der Waals surface area contributed by atoms with Gasteiger partial charge in [0.25, 0.3) is 0 Å². The summed E-state index contributed by atoms with van der Waals surface area (Å²) in [7, 11) is 1.41. The zero-order valence-corrected chi connectivity index (χ0v) is 10.9. The molecule has 1 aliphatic rings. The Labute approximate surface area is 105 Å². The van der Waals surface area contributed by atoms with Crippen LogP contribution in [0, 0.1) is 0 Å². The number of hydrogen-bond donors (Lipinski definition) is 2. The van der Waals surface area contributed by atoms with Crippen LogP contribution in [0.25, 0.3) is 0 Å². The van der Waals surface area contributed by atoms with Crippen LogP contribution in [0.3, 0.4) is 0 Å². The maximum Gasteiger partial charge on any atom is 0.407 e. The van der Waals surface area contributed by atoms with Crippen molar-refractivity contribution in [3.63, 3.8) is 0 Å². The molecule has 7 heteroatoms. The Hall–Kier alpha value is -1.34. The molecule has 0 aliphatic carbocycles. The van der Waals surface area contributed by atoms with Gasteiger partial charge < -0.3 is 24.6 Å². The monoisotopic (exact) mass is 261 g/mol. The summed E-state index contributed by atoms with van der Waals surface area (Å²) in [5.41, 5.74) is -0.575. The van der Waals surface area contributed by atoms with Gasteiger partial charge in [0.2, 0.25) is 0 Å². The van der Waals surface area contributed by atoms with Crippen LogP contribution in [0.15, 0.2) is 0 Å². The fourth-order valence-electron chi connectivity index (χ4n) is 1.59. The van der Waals surface area contributed by atoms with Crippen molar-refractivity contribution in [3.8, 4) is 0 Å². The van der Waals surface area contributed by atoms with E-state index in [0.717, 1.165) is 0 Å². The Balaban J connectivity index is 2.33. The summed E-state index contributed by atoms with van der Waals surface area (Å²) >= 11 is 0. The van der Waals surface area contributed by atoms with Crippen molar-refractivity contribution < 1.29 is 28.9 Å². The maximum atomic E-state index is 11.4. The summed E-state index contributed by atoms with van der Waals surface area (Å²) < 4.78 is 15.1. The number of carbonyl (C=O) groups is 2.